The zero-order valence-corrected chi connectivity index (χ0v) is 10.1. The molecule has 0 bridgehead atoms. The van der Waals surface area contributed by atoms with Gasteiger partial charge in [-0.25, -0.2) is 0 Å². The SMILES string of the molecule is CCC(C)(CO)CC1COc2ccccc21. The summed E-state index contributed by atoms with van der Waals surface area (Å²) in [5, 5.41) is 9.45. The fraction of sp³-hybridized carbons (Fsp3) is 0.571. The number of hydrogen-bond acceptors (Lipinski definition) is 2. The third-order valence-electron chi connectivity index (χ3n) is 3.77. The largest absolute Gasteiger partial charge is 0.493 e. The lowest BCUT2D eigenvalue weighted by Gasteiger charge is -2.28. The summed E-state index contributed by atoms with van der Waals surface area (Å²) in [6, 6.07) is 8.23. The first kappa shape index (κ1) is 11.5. The standard InChI is InChI=1S/C14H20O2/c1-3-14(2,10-15)8-11-9-16-13-7-5-4-6-12(11)13/h4-7,11,15H,3,8-10H2,1-2H3. The molecule has 1 heterocycles. The Labute approximate surface area is 97.3 Å². The second-order valence-corrected chi connectivity index (χ2v) is 5.07. The maximum atomic E-state index is 9.45. The molecule has 2 unspecified atom stereocenters. The molecule has 16 heavy (non-hydrogen) atoms. The van der Waals surface area contributed by atoms with E-state index in [4.69, 9.17) is 4.74 Å². The third-order valence-corrected chi connectivity index (χ3v) is 3.77. The highest BCUT2D eigenvalue weighted by Gasteiger charge is 2.31. The molecule has 0 aliphatic carbocycles. The van der Waals surface area contributed by atoms with Crippen molar-refractivity contribution in [3.63, 3.8) is 0 Å². The number of fused-ring (bicyclic) bond motifs is 1. The van der Waals surface area contributed by atoms with Crippen LogP contribution >= 0.6 is 0 Å². The average molecular weight is 220 g/mol. The van der Waals surface area contributed by atoms with Gasteiger partial charge in [-0.3, -0.25) is 0 Å². The number of aliphatic hydroxyl groups excluding tert-OH is 1. The van der Waals surface area contributed by atoms with E-state index in [-0.39, 0.29) is 12.0 Å². The molecular formula is C14H20O2. The van der Waals surface area contributed by atoms with Crippen molar-refractivity contribution in [1.82, 2.24) is 0 Å². The van der Waals surface area contributed by atoms with Gasteiger partial charge in [-0.05, 0) is 24.3 Å². The lowest BCUT2D eigenvalue weighted by molar-refractivity contribution is 0.115. The molecule has 0 saturated heterocycles. The molecule has 2 atom stereocenters. The van der Waals surface area contributed by atoms with Gasteiger partial charge in [0.15, 0.2) is 0 Å². The molecule has 0 fully saturated rings. The number of para-hydroxylation sites is 1. The molecular weight excluding hydrogens is 200 g/mol. The maximum absolute atomic E-state index is 9.45. The molecule has 0 saturated carbocycles. The Morgan fingerprint density at radius 3 is 2.88 bits per heavy atom. The van der Waals surface area contributed by atoms with Gasteiger partial charge in [-0.1, -0.05) is 32.0 Å². The summed E-state index contributed by atoms with van der Waals surface area (Å²) < 4.78 is 5.66. The van der Waals surface area contributed by atoms with E-state index in [9.17, 15) is 5.11 Å². The molecule has 1 aliphatic heterocycles. The minimum Gasteiger partial charge on any atom is -0.493 e. The highest BCUT2D eigenvalue weighted by molar-refractivity contribution is 5.39. The van der Waals surface area contributed by atoms with Gasteiger partial charge in [-0.2, -0.15) is 0 Å². The van der Waals surface area contributed by atoms with Gasteiger partial charge in [0.05, 0.1) is 6.61 Å². The molecule has 2 rings (SSSR count). The molecule has 1 N–H and O–H groups in total. The van der Waals surface area contributed by atoms with Gasteiger partial charge in [-0.15, -0.1) is 0 Å². The predicted molar refractivity (Wildman–Crippen MR) is 64.8 cm³/mol. The fourth-order valence-corrected chi connectivity index (χ4v) is 2.31. The smallest absolute Gasteiger partial charge is 0.122 e. The first-order valence-electron chi connectivity index (χ1n) is 6.01. The Morgan fingerprint density at radius 2 is 2.19 bits per heavy atom. The molecule has 0 aromatic heterocycles. The van der Waals surface area contributed by atoms with E-state index < -0.39 is 0 Å². The summed E-state index contributed by atoms with van der Waals surface area (Å²) in [6.07, 6.45) is 2.00. The Hall–Kier alpha value is -1.02. The van der Waals surface area contributed by atoms with E-state index in [1.807, 2.05) is 12.1 Å². The lowest BCUT2D eigenvalue weighted by Crippen LogP contribution is -2.24. The Balaban J connectivity index is 2.14. The van der Waals surface area contributed by atoms with E-state index in [1.54, 1.807) is 0 Å². The second-order valence-electron chi connectivity index (χ2n) is 5.07. The zero-order valence-electron chi connectivity index (χ0n) is 10.1. The molecule has 1 aliphatic rings. The predicted octanol–water partition coefficient (Wildman–Crippen LogP) is 2.96. The summed E-state index contributed by atoms with van der Waals surface area (Å²) in [7, 11) is 0. The normalized spacial score (nSPS) is 22.3. The minimum atomic E-state index is 0.0193. The van der Waals surface area contributed by atoms with Gasteiger partial charge in [0.2, 0.25) is 0 Å². The van der Waals surface area contributed by atoms with E-state index in [0.29, 0.717) is 5.92 Å². The molecule has 1 aromatic carbocycles. The molecule has 88 valence electrons. The van der Waals surface area contributed by atoms with Crippen LogP contribution in [0, 0.1) is 5.41 Å². The lowest BCUT2D eigenvalue weighted by atomic mass is 9.78. The van der Waals surface area contributed by atoms with Crippen molar-refractivity contribution in [1.29, 1.82) is 0 Å². The van der Waals surface area contributed by atoms with Crippen molar-refractivity contribution in [3.8, 4) is 5.75 Å². The number of hydrogen-bond donors (Lipinski definition) is 1. The van der Waals surface area contributed by atoms with Gasteiger partial charge in [0.1, 0.15) is 5.75 Å². The van der Waals surface area contributed by atoms with E-state index >= 15 is 0 Å². The summed E-state index contributed by atoms with van der Waals surface area (Å²) in [5.41, 5.74) is 1.32. The van der Waals surface area contributed by atoms with Crippen molar-refractivity contribution in [3.05, 3.63) is 29.8 Å². The fourth-order valence-electron chi connectivity index (χ4n) is 2.31. The number of ether oxygens (including phenoxy) is 1. The molecule has 2 nitrogen and oxygen atoms in total. The Morgan fingerprint density at radius 1 is 1.44 bits per heavy atom. The van der Waals surface area contributed by atoms with E-state index in [1.165, 1.54) is 5.56 Å². The molecule has 0 amide bonds. The quantitative estimate of drug-likeness (QED) is 0.845. The van der Waals surface area contributed by atoms with E-state index in [0.717, 1.165) is 25.2 Å². The van der Waals surface area contributed by atoms with Crippen molar-refractivity contribution in [2.24, 2.45) is 5.41 Å². The third kappa shape index (κ3) is 2.07. The average Bonchev–Trinajstić information content (AvgIpc) is 2.73. The monoisotopic (exact) mass is 220 g/mol. The summed E-state index contributed by atoms with van der Waals surface area (Å²) in [6.45, 7) is 5.29. The molecule has 1 aromatic rings. The number of rotatable bonds is 4. The van der Waals surface area contributed by atoms with Crippen LogP contribution in [0.5, 0.6) is 5.75 Å². The number of aliphatic hydroxyl groups is 1. The highest BCUT2D eigenvalue weighted by atomic mass is 16.5. The Kier molecular flexibility index (Phi) is 3.20. The first-order chi connectivity index (χ1) is 7.68. The van der Waals surface area contributed by atoms with Crippen LogP contribution in [0.4, 0.5) is 0 Å². The minimum absolute atomic E-state index is 0.0193. The van der Waals surface area contributed by atoms with Gasteiger partial charge < -0.3 is 9.84 Å². The van der Waals surface area contributed by atoms with Crippen molar-refractivity contribution < 1.29 is 9.84 Å². The summed E-state index contributed by atoms with van der Waals surface area (Å²) in [4.78, 5) is 0. The van der Waals surface area contributed by atoms with E-state index in [2.05, 4.69) is 26.0 Å². The van der Waals surface area contributed by atoms with Crippen LogP contribution in [-0.4, -0.2) is 18.3 Å². The van der Waals surface area contributed by atoms with Crippen LogP contribution in [0.3, 0.4) is 0 Å². The first-order valence-corrected chi connectivity index (χ1v) is 6.01. The van der Waals surface area contributed by atoms with Crippen molar-refractivity contribution in [2.75, 3.05) is 13.2 Å². The maximum Gasteiger partial charge on any atom is 0.122 e. The van der Waals surface area contributed by atoms with Gasteiger partial charge in [0, 0.05) is 18.1 Å². The molecule has 0 spiro atoms. The zero-order chi connectivity index (χ0) is 11.6. The molecule has 0 radical (unpaired) electrons. The second kappa shape index (κ2) is 4.46. The summed E-state index contributed by atoms with van der Waals surface area (Å²) >= 11 is 0. The van der Waals surface area contributed by atoms with Crippen molar-refractivity contribution >= 4 is 0 Å². The van der Waals surface area contributed by atoms with Crippen LogP contribution in [0.15, 0.2) is 24.3 Å². The Bertz CT molecular complexity index is 356. The van der Waals surface area contributed by atoms with Gasteiger partial charge in [0.25, 0.3) is 0 Å². The highest BCUT2D eigenvalue weighted by Crippen LogP contribution is 2.41. The van der Waals surface area contributed by atoms with Crippen LogP contribution in [0.1, 0.15) is 38.2 Å². The van der Waals surface area contributed by atoms with Gasteiger partial charge >= 0.3 is 0 Å². The molecule has 2 heteroatoms. The van der Waals surface area contributed by atoms with Crippen LogP contribution < -0.4 is 4.74 Å². The number of benzene rings is 1. The van der Waals surface area contributed by atoms with Crippen LogP contribution in [-0.2, 0) is 0 Å². The van der Waals surface area contributed by atoms with Crippen LogP contribution in [0.2, 0.25) is 0 Å². The summed E-state index contributed by atoms with van der Waals surface area (Å²) in [5.74, 6) is 1.46. The van der Waals surface area contributed by atoms with Crippen LogP contribution in [0.25, 0.3) is 0 Å². The van der Waals surface area contributed by atoms with Crippen molar-refractivity contribution in [2.45, 2.75) is 32.6 Å². The topological polar surface area (TPSA) is 29.5 Å².